The summed E-state index contributed by atoms with van der Waals surface area (Å²) in [5.41, 5.74) is 6.51. The van der Waals surface area contributed by atoms with Crippen molar-refractivity contribution in [1.82, 2.24) is 5.48 Å². The molecule has 0 heterocycles. The standard InChI is InChI=1S/C5H11FN2O2/c1-4(6)2-3-10-8-5(7)9/h4H,2-3H2,1H3,(H3,7,8,9). The molecular weight excluding hydrogens is 139 g/mol. The smallest absolute Gasteiger partial charge is 0.336 e. The number of carbonyl (C=O) groups excluding carboxylic acids is 1. The predicted octanol–water partition coefficient (Wildman–Crippen LogP) is 0.334. The Bertz CT molecular complexity index is 108. The summed E-state index contributed by atoms with van der Waals surface area (Å²) in [6.45, 7) is 1.55. The molecule has 0 saturated carbocycles. The summed E-state index contributed by atoms with van der Waals surface area (Å²) in [4.78, 5) is 14.4. The molecule has 10 heavy (non-hydrogen) atoms. The lowest BCUT2D eigenvalue weighted by molar-refractivity contribution is 0.0529. The maximum Gasteiger partial charge on any atom is 0.336 e. The number of primary amides is 1. The monoisotopic (exact) mass is 150 g/mol. The first kappa shape index (κ1) is 9.16. The van der Waals surface area contributed by atoms with Crippen molar-refractivity contribution in [2.45, 2.75) is 19.5 Å². The van der Waals surface area contributed by atoms with Crippen molar-refractivity contribution in [3.63, 3.8) is 0 Å². The number of carbonyl (C=O) groups is 1. The van der Waals surface area contributed by atoms with Crippen LogP contribution in [0.4, 0.5) is 9.18 Å². The molecule has 0 fully saturated rings. The fourth-order valence-electron chi connectivity index (χ4n) is 0.343. The molecule has 0 aliphatic carbocycles. The molecule has 0 aromatic carbocycles. The molecule has 4 nitrogen and oxygen atoms in total. The maximum atomic E-state index is 12.0. The van der Waals surface area contributed by atoms with Crippen LogP contribution < -0.4 is 11.2 Å². The summed E-state index contributed by atoms with van der Waals surface area (Å²) < 4.78 is 12.0. The lowest BCUT2D eigenvalue weighted by Gasteiger charge is -2.02. The summed E-state index contributed by atoms with van der Waals surface area (Å²) in [5.74, 6) is 0. The number of nitrogens with one attached hydrogen (secondary N) is 1. The molecule has 0 aromatic rings. The van der Waals surface area contributed by atoms with Gasteiger partial charge in [0.25, 0.3) is 0 Å². The third kappa shape index (κ3) is 7.16. The topological polar surface area (TPSA) is 64.3 Å². The second-order valence-corrected chi connectivity index (χ2v) is 1.88. The molecule has 0 aromatic heterocycles. The fraction of sp³-hybridized carbons (Fsp3) is 0.800. The molecule has 0 spiro atoms. The van der Waals surface area contributed by atoms with Crippen LogP contribution in [0, 0.1) is 0 Å². The Labute approximate surface area is 58.5 Å². The summed E-state index contributed by atoms with van der Waals surface area (Å²) in [6.07, 6.45) is -0.671. The van der Waals surface area contributed by atoms with Crippen molar-refractivity contribution in [3.05, 3.63) is 0 Å². The molecule has 1 atom stereocenters. The molecule has 0 aliphatic rings. The minimum Gasteiger partial charge on any atom is -0.350 e. The van der Waals surface area contributed by atoms with E-state index in [4.69, 9.17) is 0 Å². The summed E-state index contributed by atoms with van der Waals surface area (Å²) in [6, 6.07) is -0.772. The van der Waals surface area contributed by atoms with Crippen LogP contribution in [-0.2, 0) is 4.84 Å². The van der Waals surface area contributed by atoms with Crippen LogP contribution in [0.3, 0.4) is 0 Å². The molecule has 1 unspecified atom stereocenters. The molecular formula is C5H11FN2O2. The van der Waals surface area contributed by atoms with Gasteiger partial charge in [0, 0.05) is 6.42 Å². The first-order chi connectivity index (χ1) is 4.63. The van der Waals surface area contributed by atoms with Gasteiger partial charge in [-0.15, -0.1) is 0 Å². The van der Waals surface area contributed by atoms with E-state index < -0.39 is 12.2 Å². The molecule has 2 amide bonds. The molecule has 5 heteroatoms. The Balaban J connectivity index is 2.98. The van der Waals surface area contributed by atoms with E-state index >= 15 is 0 Å². The van der Waals surface area contributed by atoms with Crippen LogP contribution in [0.25, 0.3) is 0 Å². The van der Waals surface area contributed by atoms with E-state index in [1.165, 1.54) is 6.92 Å². The predicted molar refractivity (Wildman–Crippen MR) is 33.9 cm³/mol. The third-order valence-electron chi connectivity index (χ3n) is 0.790. The molecule has 0 bridgehead atoms. The van der Waals surface area contributed by atoms with E-state index in [2.05, 4.69) is 10.6 Å². The van der Waals surface area contributed by atoms with Crippen molar-refractivity contribution in [3.8, 4) is 0 Å². The van der Waals surface area contributed by atoms with Gasteiger partial charge < -0.3 is 5.73 Å². The first-order valence-electron chi connectivity index (χ1n) is 2.94. The summed E-state index contributed by atoms with van der Waals surface area (Å²) in [7, 11) is 0. The van der Waals surface area contributed by atoms with Crippen molar-refractivity contribution in [2.75, 3.05) is 6.61 Å². The number of hydroxylamine groups is 1. The van der Waals surface area contributed by atoms with Crippen LogP contribution in [0.1, 0.15) is 13.3 Å². The van der Waals surface area contributed by atoms with Gasteiger partial charge in [0.2, 0.25) is 0 Å². The van der Waals surface area contributed by atoms with E-state index in [9.17, 15) is 9.18 Å². The number of hydrogen-bond acceptors (Lipinski definition) is 2. The number of urea groups is 1. The van der Waals surface area contributed by atoms with Crippen LogP contribution in [0.2, 0.25) is 0 Å². The SMILES string of the molecule is CC(F)CCONC(N)=O. The van der Waals surface area contributed by atoms with Gasteiger partial charge in [-0.3, -0.25) is 4.84 Å². The number of halogens is 1. The molecule has 0 aliphatic heterocycles. The molecule has 60 valence electrons. The van der Waals surface area contributed by atoms with Gasteiger partial charge in [0.15, 0.2) is 0 Å². The van der Waals surface area contributed by atoms with Crippen LogP contribution in [0.5, 0.6) is 0 Å². The summed E-state index contributed by atoms with van der Waals surface area (Å²) in [5, 5.41) is 0. The third-order valence-corrected chi connectivity index (χ3v) is 0.790. The Morgan fingerprint density at radius 1 is 1.90 bits per heavy atom. The number of alkyl halides is 1. The van der Waals surface area contributed by atoms with Crippen molar-refractivity contribution in [1.29, 1.82) is 0 Å². The van der Waals surface area contributed by atoms with Gasteiger partial charge in [-0.1, -0.05) is 0 Å². The highest BCUT2D eigenvalue weighted by atomic mass is 19.1. The quantitative estimate of drug-likeness (QED) is 0.448. The lowest BCUT2D eigenvalue weighted by atomic mass is 10.3. The summed E-state index contributed by atoms with van der Waals surface area (Å²) >= 11 is 0. The van der Waals surface area contributed by atoms with Gasteiger partial charge in [-0.2, -0.15) is 0 Å². The van der Waals surface area contributed by atoms with Crippen LogP contribution in [-0.4, -0.2) is 18.8 Å². The van der Waals surface area contributed by atoms with Gasteiger partial charge in [0.05, 0.1) is 12.8 Å². The van der Waals surface area contributed by atoms with E-state index in [0.29, 0.717) is 0 Å². The molecule has 0 saturated heterocycles. The zero-order valence-electron chi connectivity index (χ0n) is 5.76. The normalized spacial score (nSPS) is 12.6. The van der Waals surface area contributed by atoms with E-state index in [1.54, 1.807) is 0 Å². The van der Waals surface area contributed by atoms with Crippen molar-refractivity contribution >= 4 is 6.03 Å². The van der Waals surface area contributed by atoms with Gasteiger partial charge in [0.1, 0.15) is 0 Å². The minimum atomic E-state index is -0.922. The molecule has 0 radical (unpaired) electrons. The average Bonchev–Trinajstić information content (AvgIpc) is 1.79. The highest BCUT2D eigenvalue weighted by molar-refractivity contribution is 5.70. The van der Waals surface area contributed by atoms with Crippen molar-refractivity contribution in [2.24, 2.45) is 5.73 Å². The maximum absolute atomic E-state index is 12.0. The zero-order chi connectivity index (χ0) is 7.98. The zero-order valence-corrected chi connectivity index (χ0v) is 5.76. The second-order valence-electron chi connectivity index (χ2n) is 1.88. The Morgan fingerprint density at radius 2 is 2.50 bits per heavy atom. The van der Waals surface area contributed by atoms with Crippen LogP contribution >= 0.6 is 0 Å². The Kier molecular flexibility index (Phi) is 4.57. The second kappa shape index (κ2) is 4.99. The van der Waals surface area contributed by atoms with E-state index in [1.807, 2.05) is 5.48 Å². The van der Waals surface area contributed by atoms with Gasteiger partial charge in [-0.25, -0.2) is 14.7 Å². The highest BCUT2D eigenvalue weighted by Crippen LogP contribution is 1.93. The Hall–Kier alpha value is -0.840. The largest absolute Gasteiger partial charge is 0.350 e. The highest BCUT2D eigenvalue weighted by Gasteiger charge is 1.97. The molecule has 3 N–H and O–H groups in total. The van der Waals surface area contributed by atoms with Crippen LogP contribution in [0.15, 0.2) is 0 Å². The number of amides is 2. The minimum absolute atomic E-state index is 0.139. The average molecular weight is 150 g/mol. The van der Waals surface area contributed by atoms with Gasteiger partial charge >= 0.3 is 6.03 Å². The number of nitrogens with two attached hydrogens (primary N) is 1. The Morgan fingerprint density at radius 3 is 2.90 bits per heavy atom. The van der Waals surface area contributed by atoms with E-state index in [0.717, 1.165) is 0 Å². The lowest BCUT2D eigenvalue weighted by Crippen LogP contribution is -2.30. The van der Waals surface area contributed by atoms with Gasteiger partial charge in [-0.05, 0) is 6.92 Å². The molecule has 0 rings (SSSR count). The number of hydrogen-bond donors (Lipinski definition) is 2. The van der Waals surface area contributed by atoms with E-state index in [-0.39, 0.29) is 13.0 Å². The first-order valence-corrected chi connectivity index (χ1v) is 2.94. The van der Waals surface area contributed by atoms with Crippen molar-refractivity contribution < 1.29 is 14.0 Å². The fourth-order valence-corrected chi connectivity index (χ4v) is 0.343. The number of rotatable bonds is 4.